The van der Waals surface area contributed by atoms with Crippen molar-refractivity contribution in [3.8, 4) is 11.5 Å². The van der Waals surface area contributed by atoms with Gasteiger partial charge >= 0.3 is 0 Å². The minimum atomic E-state index is -3.53. The molecule has 3 heterocycles. The van der Waals surface area contributed by atoms with Gasteiger partial charge in [0, 0.05) is 28.4 Å². The van der Waals surface area contributed by atoms with Crippen LogP contribution in [0, 0.1) is 37.5 Å². The highest BCUT2D eigenvalue weighted by Gasteiger charge is 2.33. The van der Waals surface area contributed by atoms with Gasteiger partial charge in [0.15, 0.2) is 0 Å². The van der Waals surface area contributed by atoms with Gasteiger partial charge in [-0.2, -0.15) is 0 Å². The zero-order chi connectivity index (χ0) is 36.6. The molecule has 4 atom stereocenters. The Hall–Kier alpha value is -2.77. The highest BCUT2D eigenvalue weighted by molar-refractivity contribution is 7.89. The standard InChI is InChI=1S/C44H63NO4S2/c1-32(2)11-8-12-33(3)13-9-14-34(4)15-10-24-44(7)25-22-38-29-39(27-36(6)43(38)49-44)48-31-41-19-18-40(50-41)28-37-23-26-45(30-37)51(46,47)42-20-16-35(5)17-21-42/h16-21,23,26-27,29,32-34,37H,8-15,22,24-25,28,30-31H2,1-7H3/t33-,34-,37?,44-/m0/s1. The Morgan fingerprint density at radius 1 is 0.902 bits per heavy atom. The smallest absolute Gasteiger partial charge is 0.263 e. The molecule has 280 valence electrons. The lowest BCUT2D eigenvalue weighted by atomic mass is 9.85. The van der Waals surface area contributed by atoms with Crippen molar-refractivity contribution < 1.29 is 17.9 Å². The molecule has 5 rings (SSSR count). The zero-order valence-corrected chi connectivity index (χ0v) is 34.0. The van der Waals surface area contributed by atoms with Crippen molar-refractivity contribution in [2.75, 3.05) is 6.54 Å². The van der Waals surface area contributed by atoms with Crippen LogP contribution in [-0.2, 0) is 29.5 Å². The van der Waals surface area contributed by atoms with E-state index in [-0.39, 0.29) is 11.5 Å². The lowest BCUT2D eigenvalue weighted by molar-refractivity contribution is 0.0514. The molecule has 2 aliphatic heterocycles. The predicted molar refractivity (Wildman–Crippen MR) is 213 cm³/mol. The molecule has 0 amide bonds. The van der Waals surface area contributed by atoms with Crippen LogP contribution >= 0.6 is 11.3 Å². The number of nitrogens with zero attached hydrogens (tertiary/aromatic N) is 1. The van der Waals surface area contributed by atoms with E-state index in [1.165, 1.54) is 71.0 Å². The van der Waals surface area contributed by atoms with Crippen LogP contribution in [0.25, 0.3) is 0 Å². The molecule has 0 saturated heterocycles. The van der Waals surface area contributed by atoms with E-state index in [1.54, 1.807) is 29.7 Å². The summed E-state index contributed by atoms with van der Waals surface area (Å²) in [5.41, 5.74) is 3.34. The summed E-state index contributed by atoms with van der Waals surface area (Å²) >= 11 is 1.75. The lowest BCUT2D eigenvalue weighted by Crippen LogP contribution is -2.36. The van der Waals surface area contributed by atoms with E-state index in [9.17, 15) is 8.42 Å². The van der Waals surface area contributed by atoms with Crippen LogP contribution in [0.2, 0.25) is 0 Å². The van der Waals surface area contributed by atoms with Crippen LogP contribution in [0.4, 0.5) is 0 Å². The average molecular weight is 734 g/mol. The van der Waals surface area contributed by atoms with Crippen molar-refractivity contribution in [3.05, 3.63) is 87.3 Å². The van der Waals surface area contributed by atoms with Crippen LogP contribution in [0.5, 0.6) is 11.5 Å². The summed E-state index contributed by atoms with van der Waals surface area (Å²) in [6.45, 7) is 16.9. The van der Waals surface area contributed by atoms with Gasteiger partial charge in [-0.3, -0.25) is 4.31 Å². The molecule has 0 aliphatic carbocycles. The Labute approximate surface area is 313 Å². The number of sulfonamides is 1. The Kier molecular flexibility index (Phi) is 13.8. The van der Waals surface area contributed by atoms with Gasteiger partial charge < -0.3 is 9.47 Å². The Balaban J connectivity index is 1.03. The molecule has 2 aliphatic rings. The van der Waals surface area contributed by atoms with Gasteiger partial charge in [0.05, 0.1) is 4.90 Å². The molecule has 0 saturated carbocycles. The van der Waals surface area contributed by atoms with Crippen LogP contribution in [0.1, 0.15) is 125 Å². The predicted octanol–water partition coefficient (Wildman–Crippen LogP) is 11.8. The second-order valence-electron chi connectivity index (χ2n) is 16.5. The average Bonchev–Trinajstić information content (AvgIpc) is 3.74. The Bertz CT molecular complexity index is 1690. The van der Waals surface area contributed by atoms with Gasteiger partial charge in [-0.05, 0) is 118 Å². The van der Waals surface area contributed by atoms with Crippen molar-refractivity contribution in [1.29, 1.82) is 0 Å². The van der Waals surface area contributed by atoms with Gasteiger partial charge in [-0.1, -0.05) is 96.4 Å². The first kappa shape index (κ1) is 39.4. The third-order valence-electron chi connectivity index (χ3n) is 11.0. The molecule has 1 unspecified atom stereocenters. The molecule has 7 heteroatoms. The summed E-state index contributed by atoms with van der Waals surface area (Å²) in [6.07, 6.45) is 18.5. The molecule has 0 radical (unpaired) electrons. The lowest BCUT2D eigenvalue weighted by Gasteiger charge is -2.37. The number of benzene rings is 2. The Morgan fingerprint density at radius 3 is 2.27 bits per heavy atom. The highest BCUT2D eigenvalue weighted by atomic mass is 32.2. The SMILES string of the molecule is Cc1ccc(S(=O)(=O)N2C=CC(Cc3ccc(COc4cc(C)c5c(c4)CC[C@](C)(CCC[C@@H](C)CCC[C@@H](C)CCCC(C)C)O5)s3)C2)cc1. The van der Waals surface area contributed by atoms with Crippen LogP contribution in [-0.4, -0.2) is 24.9 Å². The van der Waals surface area contributed by atoms with Crippen molar-refractivity contribution in [2.45, 2.75) is 143 Å². The molecule has 0 fully saturated rings. The molecule has 1 aromatic heterocycles. The number of fused-ring (bicyclic) bond motifs is 1. The fourth-order valence-electron chi connectivity index (χ4n) is 7.65. The molecule has 2 aromatic carbocycles. The molecule has 3 aromatic rings. The van der Waals surface area contributed by atoms with E-state index < -0.39 is 10.0 Å². The number of hydrogen-bond acceptors (Lipinski definition) is 5. The second-order valence-corrected chi connectivity index (χ2v) is 19.6. The fraction of sp³-hybridized carbons (Fsp3) is 0.591. The summed E-state index contributed by atoms with van der Waals surface area (Å²) in [5.74, 6) is 4.58. The van der Waals surface area contributed by atoms with Crippen LogP contribution in [0.15, 0.2) is 65.7 Å². The number of hydrogen-bond donors (Lipinski definition) is 0. The van der Waals surface area contributed by atoms with Crippen LogP contribution < -0.4 is 9.47 Å². The van der Waals surface area contributed by atoms with Gasteiger partial charge in [-0.15, -0.1) is 11.3 Å². The molecule has 0 spiro atoms. The first-order valence-electron chi connectivity index (χ1n) is 19.6. The quantitative estimate of drug-likeness (QED) is 0.123. The molecule has 5 nitrogen and oxygen atoms in total. The summed E-state index contributed by atoms with van der Waals surface area (Å²) < 4.78 is 40.7. The van der Waals surface area contributed by atoms with Gasteiger partial charge in [0.25, 0.3) is 10.0 Å². The third kappa shape index (κ3) is 11.4. The molecular formula is C44H63NO4S2. The zero-order valence-electron chi connectivity index (χ0n) is 32.4. The minimum absolute atomic E-state index is 0.103. The van der Waals surface area contributed by atoms with E-state index in [0.29, 0.717) is 18.0 Å². The normalized spacial score (nSPS) is 20.0. The summed E-state index contributed by atoms with van der Waals surface area (Å²) in [5, 5.41) is 0. The third-order valence-corrected chi connectivity index (χ3v) is 13.8. The maximum Gasteiger partial charge on any atom is 0.263 e. The molecular weight excluding hydrogens is 671 g/mol. The number of ether oxygens (including phenoxy) is 2. The topological polar surface area (TPSA) is 55.8 Å². The first-order chi connectivity index (χ1) is 24.3. The maximum absolute atomic E-state index is 13.1. The van der Waals surface area contributed by atoms with E-state index in [4.69, 9.17) is 9.47 Å². The number of aryl methyl sites for hydroxylation is 3. The monoisotopic (exact) mass is 733 g/mol. The first-order valence-corrected chi connectivity index (χ1v) is 21.8. The summed E-state index contributed by atoms with van der Waals surface area (Å²) in [4.78, 5) is 2.75. The summed E-state index contributed by atoms with van der Waals surface area (Å²) in [6, 6.07) is 15.6. The fourth-order valence-corrected chi connectivity index (χ4v) is 10.0. The molecule has 0 N–H and O–H groups in total. The van der Waals surface area contributed by atoms with Gasteiger partial charge in [0.2, 0.25) is 0 Å². The van der Waals surface area contributed by atoms with Crippen LogP contribution in [0.3, 0.4) is 0 Å². The van der Waals surface area contributed by atoms with E-state index in [0.717, 1.165) is 66.1 Å². The largest absolute Gasteiger partial charge is 0.488 e. The molecule has 51 heavy (non-hydrogen) atoms. The molecule has 0 bridgehead atoms. The van der Waals surface area contributed by atoms with E-state index in [1.807, 2.05) is 25.1 Å². The number of rotatable bonds is 19. The van der Waals surface area contributed by atoms with Crippen molar-refractivity contribution >= 4 is 21.4 Å². The second kappa shape index (κ2) is 17.8. The minimum Gasteiger partial charge on any atom is -0.488 e. The van der Waals surface area contributed by atoms with Crippen molar-refractivity contribution in [2.24, 2.45) is 23.7 Å². The highest BCUT2D eigenvalue weighted by Crippen LogP contribution is 2.41. The van der Waals surface area contributed by atoms with Gasteiger partial charge in [-0.25, -0.2) is 8.42 Å². The van der Waals surface area contributed by atoms with Gasteiger partial charge in [0.1, 0.15) is 23.7 Å². The summed E-state index contributed by atoms with van der Waals surface area (Å²) in [7, 11) is -3.53. The van der Waals surface area contributed by atoms with E-state index in [2.05, 4.69) is 65.8 Å². The van der Waals surface area contributed by atoms with Crippen molar-refractivity contribution in [1.82, 2.24) is 4.31 Å². The van der Waals surface area contributed by atoms with Crippen molar-refractivity contribution in [3.63, 3.8) is 0 Å². The Morgan fingerprint density at radius 2 is 1.57 bits per heavy atom. The van der Waals surface area contributed by atoms with E-state index >= 15 is 0 Å². The maximum atomic E-state index is 13.1. The number of thiophene rings is 1.